The maximum absolute atomic E-state index is 13.6. The third-order valence-electron chi connectivity index (χ3n) is 7.39. The van der Waals surface area contributed by atoms with Crippen LogP contribution in [-0.4, -0.2) is 50.0 Å². The van der Waals surface area contributed by atoms with E-state index in [0.29, 0.717) is 18.5 Å². The van der Waals surface area contributed by atoms with Crippen LogP contribution in [0.1, 0.15) is 76.3 Å². The molecule has 0 radical (unpaired) electrons. The number of sulfonamides is 1. The molecule has 1 aliphatic rings. The number of amides is 2. The Bertz CT molecular complexity index is 1180. The normalized spacial score (nSPS) is 15.0. The Morgan fingerprint density at radius 3 is 2.15 bits per heavy atom. The van der Waals surface area contributed by atoms with Crippen molar-refractivity contribution in [3.8, 4) is 0 Å². The Kier molecular flexibility index (Phi) is 11.3. The van der Waals surface area contributed by atoms with Crippen LogP contribution in [0.5, 0.6) is 0 Å². The molecule has 1 fully saturated rings. The largest absolute Gasteiger partial charge is 0.352 e. The van der Waals surface area contributed by atoms with Gasteiger partial charge in [0.05, 0.1) is 11.9 Å². The molecule has 214 valence electrons. The van der Waals surface area contributed by atoms with E-state index >= 15 is 0 Å². The summed E-state index contributed by atoms with van der Waals surface area (Å²) in [7, 11) is -3.55. The standard InChI is InChI=1S/C30H42FN3O4S/c1-4-23-15-19-27(20-16-23)34(39(3,37)38)21-9-12-29(35)33(22-24-13-17-25(31)18-14-24)28(5-2)30(36)32-26-10-7-6-8-11-26/h13-20,26,28H,4-12,21-22H2,1-3H3,(H,32,36)/t28-/m1/s1. The van der Waals surface area contributed by atoms with Gasteiger partial charge in [-0.3, -0.25) is 13.9 Å². The SMILES string of the molecule is CCc1ccc(N(CCCC(=O)N(Cc2ccc(F)cc2)[C@H](CC)C(=O)NC2CCCCC2)S(C)(=O)=O)cc1. The maximum Gasteiger partial charge on any atom is 0.243 e. The van der Waals surface area contributed by atoms with Crippen LogP contribution in [-0.2, 0) is 32.6 Å². The minimum atomic E-state index is -3.55. The topological polar surface area (TPSA) is 86.8 Å². The lowest BCUT2D eigenvalue weighted by atomic mass is 9.95. The van der Waals surface area contributed by atoms with Gasteiger partial charge in [0, 0.05) is 25.6 Å². The first-order valence-electron chi connectivity index (χ1n) is 14.0. The maximum atomic E-state index is 13.6. The van der Waals surface area contributed by atoms with Crippen LogP contribution in [0.2, 0.25) is 0 Å². The van der Waals surface area contributed by atoms with Gasteiger partial charge in [0.25, 0.3) is 0 Å². The van der Waals surface area contributed by atoms with Crippen molar-refractivity contribution >= 4 is 27.5 Å². The van der Waals surface area contributed by atoms with E-state index in [2.05, 4.69) is 5.32 Å². The van der Waals surface area contributed by atoms with Crippen LogP contribution in [0.25, 0.3) is 0 Å². The van der Waals surface area contributed by atoms with E-state index in [-0.39, 0.29) is 43.2 Å². The van der Waals surface area contributed by atoms with Gasteiger partial charge in [-0.25, -0.2) is 12.8 Å². The van der Waals surface area contributed by atoms with E-state index in [9.17, 15) is 22.4 Å². The smallest absolute Gasteiger partial charge is 0.243 e. The molecule has 0 bridgehead atoms. The fraction of sp³-hybridized carbons (Fsp3) is 0.533. The van der Waals surface area contributed by atoms with Gasteiger partial charge in [-0.1, -0.05) is 57.4 Å². The van der Waals surface area contributed by atoms with Crippen molar-refractivity contribution in [1.82, 2.24) is 10.2 Å². The van der Waals surface area contributed by atoms with Crippen LogP contribution in [0.3, 0.4) is 0 Å². The molecular weight excluding hydrogens is 517 g/mol. The third kappa shape index (κ3) is 9.05. The second-order valence-corrected chi connectivity index (χ2v) is 12.3. The van der Waals surface area contributed by atoms with Crippen molar-refractivity contribution in [2.45, 2.75) is 90.3 Å². The molecule has 0 unspecified atom stereocenters. The monoisotopic (exact) mass is 559 g/mol. The highest BCUT2D eigenvalue weighted by atomic mass is 32.2. The number of nitrogens with one attached hydrogen (secondary N) is 1. The zero-order valence-corrected chi connectivity index (χ0v) is 24.2. The lowest BCUT2D eigenvalue weighted by Crippen LogP contribution is -2.51. The molecule has 1 atom stereocenters. The number of carbonyl (C=O) groups excluding carboxylic acids is 2. The van der Waals surface area contributed by atoms with Gasteiger partial charge in [-0.05, 0) is 67.5 Å². The highest BCUT2D eigenvalue weighted by Gasteiger charge is 2.30. The Labute approximate surface area is 232 Å². The molecule has 0 aromatic heterocycles. The minimum Gasteiger partial charge on any atom is -0.352 e. The average Bonchev–Trinajstić information content (AvgIpc) is 2.92. The second-order valence-electron chi connectivity index (χ2n) is 10.4. The number of rotatable bonds is 13. The molecule has 2 aromatic rings. The second kappa shape index (κ2) is 14.4. The van der Waals surface area contributed by atoms with Crippen LogP contribution in [0.15, 0.2) is 48.5 Å². The molecular formula is C30H42FN3O4S. The van der Waals surface area contributed by atoms with Gasteiger partial charge in [0.1, 0.15) is 11.9 Å². The van der Waals surface area contributed by atoms with Gasteiger partial charge in [0.15, 0.2) is 0 Å². The first-order valence-corrected chi connectivity index (χ1v) is 15.9. The van der Waals surface area contributed by atoms with Crippen LogP contribution >= 0.6 is 0 Å². The van der Waals surface area contributed by atoms with Crippen molar-refractivity contribution in [2.75, 3.05) is 17.1 Å². The van der Waals surface area contributed by atoms with Crippen LogP contribution < -0.4 is 9.62 Å². The highest BCUT2D eigenvalue weighted by molar-refractivity contribution is 7.92. The van der Waals surface area contributed by atoms with E-state index in [0.717, 1.165) is 49.5 Å². The lowest BCUT2D eigenvalue weighted by molar-refractivity contribution is -0.141. The number of halogens is 1. The summed E-state index contributed by atoms with van der Waals surface area (Å²) >= 11 is 0. The van der Waals surface area contributed by atoms with Crippen molar-refractivity contribution in [2.24, 2.45) is 0 Å². The molecule has 0 saturated heterocycles. The summed E-state index contributed by atoms with van der Waals surface area (Å²) in [6, 6.07) is 12.7. The van der Waals surface area contributed by atoms with Gasteiger partial charge in [-0.15, -0.1) is 0 Å². The lowest BCUT2D eigenvalue weighted by Gasteiger charge is -2.33. The molecule has 1 N–H and O–H groups in total. The van der Waals surface area contributed by atoms with Crippen molar-refractivity contribution in [3.05, 3.63) is 65.5 Å². The summed E-state index contributed by atoms with van der Waals surface area (Å²) in [6.07, 6.45) is 8.03. The van der Waals surface area contributed by atoms with Crippen LogP contribution in [0, 0.1) is 5.82 Å². The van der Waals surface area contributed by atoms with E-state index in [1.165, 1.54) is 22.9 Å². The molecule has 7 nitrogen and oxygen atoms in total. The molecule has 1 aliphatic carbocycles. The van der Waals surface area contributed by atoms with Crippen LogP contribution in [0.4, 0.5) is 10.1 Å². The predicted octanol–water partition coefficient (Wildman–Crippen LogP) is 5.19. The fourth-order valence-electron chi connectivity index (χ4n) is 5.15. The van der Waals surface area contributed by atoms with E-state index in [1.807, 2.05) is 26.0 Å². The molecule has 39 heavy (non-hydrogen) atoms. The molecule has 9 heteroatoms. The summed E-state index contributed by atoms with van der Waals surface area (Å²) in [5.41, 5.74) is 2.39. The molecule has 2 amide bonds. The number of hydrogen-bond acceptors (Lipinski definition) is 4. The Balaban J connectivity index is 1.74. The molecule has 0 aliphatic heterocycles. The Hall–Kier alpha value is -2.94. The summed E-state index contributed by atoms with van der Waals surface area (Å²) < 4.78 is 39.9. The highest BCUT2D eigenvalue weighted by Crippen LogP contribution is 2.22. The summed E-state index contributed by atoms with van der Waals surface area (Å²) in [5, 5.41) is 3.14. The average molecular weight is 560 g/mol. The Morgan fingerprint density at radius 1 is 0.974 bits per heavy atom. The predicted molar refractivity (Wildman–Crippen MR) is 153 cm³/mol. The summed E-state index contributed by atoms with van der Waals surface area (Å²) in [5.74, 6) is -0.778. The number of hydrogen-bond donors (Lipinski definition) is 1. The van der Waals surface area contributed by atoms with E-state index in [4.69, 9.17) is 0 Å². The van der Waals surface area contributed by atoms with Gasteiger partial charge < -0.3 is 10.2 Å². The number of aryl methyl sites for hydroxylation is 1. The molecule has 2 aromatic carbocycles. The minimum absolute atomic E-state index is 0.0769. The fourth-order valence-corrected chi connectivity index (χ4v) is 6.12. The first kappa shape index (κ1) is 30.6. The van der Waals surface area contributed by atoms with Gasteiger partial charge in [-0.2, -0.15) is 0 Å². The zero-order chi connectivity index (χ0) is 28.4. The number of nitrogens with zero attached hydrogens (tertiary/aromatic N) is 2. The van der Waals surface area contributed by atoms with E-state index < -0.39 is 16.1 Å². The van der Waals surface area contributed by atoms with Crippen molar-refractivity contribution in [1.29, 1.82) is 0 Å². The van der Waals surface area contributed by atoms with Gasteiger partial charge >= 0.3 is 0 Å². The zero-order valence-electron chi connectivity index (χ0n) is 23.4. The summed E-state index contributed by atoms with van der Waals surface area (Å²) in [4.78, 5) is 28.5. The van der Waals surface area contributed by atoms with Crippen molar-refractivity contribution in [3.63, 3.8) is 0 Å². The third-order valence-corrected chi connectivity index (χ3v) is 8.58. The first-order chi connectivity index (χ1) is 18.6. The van der Waals surface area contributed by atoms with Gasteiger partial charge in [0.2, 0.25) is 21.8 Å². The van der Waals surface area contributed by atoms with Crippen molar-refractivity contribution < 1.29 is 22.4 Å². The summed E-state index contributed by atoms with van der Waals surface area (Å²) in [6.45, 7) is 4.22. The number of benzene rings is 2. The molecule has 0 spiro atoms. The quantitative estimate of drug-likeness (QED) is 0.366. The molecule has 3 rings (SSSR count). The number of carbonyl (C=O) groups is 2. The van der Waals surface area contributed by atoms with E-state index in [1.54, 1.807) is 29.2 Å². The molecule has 0 heterocycles. The number of anilines is 1. The molecule has 1 saturated carbocycles. The Morgan fingerprint density at radius 2 is 1.59 bits per heavy atom.